The van der Waals surface area contributed by atoms with Crippen molar-refractivity contribution < 1.29 is 9.32 Å². The van der Waals surface area contributed by atoms with Gasteiger partial charge in [-0.3, -0.25) is 4.98 Å². The molecule has 0 saturated carbocycles. The van der Waals surface area contributed by atoms with E-state index in [2.05, 4.69) is 25.8 Å². The Morgan fingerprint density at radius 3 is 2.62 bits per heavy atom. The van der Waals surface area contributed by atoms with Gasteiger partial charge in [0.2, 0.25) is 11.7 Å². The fourth-order valence-electron chi connectivity index (χ4n) is 2.33. The summed E-state index contributed by atoms with van der Waals surface area (Å²) in [5.41, 5.74) is 1.38. The first-order valence-corrected chi connectivity index (χ1v) is 8.48. The minimum atomic E-state index is -0.430. The third kappa shape index (κ3) is 4.37. The molecule has 2 N–H and O–H groups in total. The van der Waals surface area contributed by atoms with Crippen molar-refractivity contribution in [2.45, 2.75) is 19.9 Å². The summed E-state index contributed by atoms with van der Waals surface area (Å²) in [6.45, 7) is 3.92. The molecule has 0 spiro atoms. The number of benzene rings is 1. The average Bonchev–Trinajstić information content (AvgIpc) is 3.12. The highest BCUT2D eigenvalue weighted by atomic mass is 35.5. The molecule has 0 aliphatic carbocycles. The molecule has 2 heterocycles. The summed E-state index contributed by atoms with van der Waals surface area (Å²) in [4.78, 5) is 20.7. The number of carbonyl (C=O) groups is 1. The molecule has 0 aliphatic heterocycles. The van der Waals surface area contributed by atoms with Gasteiger partial charge in [-0.25, -0.2) is 4.79 Å². The van der Waals surface area contributed by atoms with Crippen LogP contribution in [0, 0.1) is 5.92 Å². The molecule has 1 atom stereocenters. The van der Waals surface area contributed by atoms with Gasteiger partial charge in [0.1, 0.15) is 6.04 Å². The maximum Gasteiger partial charge on any atom is 0.319 e. The van der Waals surface area contributed by atoms with Crippen LogP contribution in [0.2, 0.25) is 5.02 Å². The molecule has 26 heavy (non-hydrogen) atoms. The summed E-state index contributed by atoms with van der Waals surface area (Å²) in [5.74, 6) is 0.817. The lowest BCUT2D eigenvalue weighted by Gasteiger charge is -2.18. The predicted molar refractivity (Wildman–Crippen MR) is 98.7 cm³/mol. The van der Waals surface area contributed by atoms with Crippen molar-refractivity contribution in [3.05, 3.63) is 59.7 Å². The Hall–Kier alpha value is -2.93. The number of nitrogens with zero attached hydrogens (tertiary/aromatic N) is 3. The topological polar surface area (TPSA) is 92.9 Å². The Kier molecular flexibility index (Phi) is 5.48. The molecule has 0 fully saturated rings. The number of anilines is 1. The number of amides is 2. The smallest absolute Gasteiger partial charge is 0.319 e. The summed E-state index contributed by atoms with van der Waals surface area (Å²) in [6.07, 6.45) is 3.32. The molecule has 0 bridgehead atoms. The number of hydrogen-bond donors (Lipinski definition) is 2. The van der Waals surface area contributed by atoms with E-state index < -0.39 is 6.04 Å². The maximum atomic E-state index is 12.3. The van der Waals surface area contributed by atoms with Crippen LogP contribution >= 0.6 is 11.6 Å². The van der Waals surface area contributed by atoms with Crippen LogP contribution in [0.15, 0.2) is 53.3 Å². The molecule has 0 saturated heterocycles. The van der Waals surface area contributed by atoms with E-state index in [4.69, 9.17) is 16.1 Å². The van der Waals surface area contributed by atoms with Gasteiger partial charge in [-0.05, 0) is 42.3 Å². The van der Waals surface area contributed by atoms with E-state index in [1.807, 2.05) is 19.9 Å². The van der Waals surface area contributed by atoms with Gasteiger partial charge in [0.25, 0.3) is 0 Å². The second-order valence-corrected chi connectivity index (χ2v) is 6.46. The lowest BCUT2D eigenvalue weighted by Crippen LogP contribution is -2.35. The van der Waals surface area contributed by atoms with Crippen LogP contribution in [0.5, 0.6) is 0 Å². The summed E-state index contributed by atoms with van der Waals surface area (Å²) in [6, 6.07) is 9.69. The number of urea groups is 1. The lowest BCUT2D eigenvalue weighted by molar-refractivity contribution is 0.236. The second kappa shape index (κ2) is 7.97. The lowest BCUT2D eigenvalue weighted by atomic mass is 10.0. The van der Waals surface area contributed by atoms with Crippen LogP contribution in [-0.4, -0.2) is 21.2 Å². The molecular formula is C18H18ClN5O2. The number of hydrogen-bond acceptors (Lipinski definition) is 5. The SMILES string of the molecule is CC(C)C(NC(=O)Nc1ccc(Cl)cc1)c1nc(-c2cccnc2)no1. The van der Waals surface area contributed by atoms with Gasteiger partial charge in [0.05, 0.1) is 0 Å². The summed E-state index contributed by atoms with van der Waals surface area (Å²) in [5, 5.41) is 10.2. The molecular weight excluding hydrogens is 354 g/mol. The zero-order chi connectivity index (χ0) is 18.5. The van der Waals surface area contributed by atoms with Crippen LogP contribution in [0.3, 0.4) is 0 Å². The predicted octanol–water partition coefficient (Wildman–Crippen LogP) is 4.30. The molecule has 0 aliphatic rings. The van der Waals surface area contributed by atoms with Crippen molar-refractivity contribution in [1.29, 1.82) is 0 Å². The summed E-state index contributed by atoms with van der Waals surface area (Å²) < 4.78 is 5.36. The molecule has 3 aromatic rings. The Labute approximate surface area is 155 Å². The van der Waals surface area contributed by atoms with Crippen molar-refractivity contribution in [2.75, 3.05) is 5.32 Å². The first-order chi connectivity index (χ1) is 12.5. The van der Waals surface area contributed by atoms with E-state index >= 15 is 0 Å². The fraction of sp³-hybridized carbons (Fsp3) is 0.222. The van der Waals surface area contributed by atoms with Crippen LogP contribution in [0.1, 0.15) is 25.8 Å². The highest BCUT2D eigenvalue weighted by Gasteiger charge is 2.25. The van der Waals surface area contributed by atoms with Gasteiger partial charge in [0, 0.05) is 28.7 Å². The third-order valence-electron chi connectivity index (χ3n) is 3.68. The van der Waals surface area contributed by atoms with E-state index in [1.54, 1.807) is 42.7 Å². The highest BCUT2D eigenvalue weighted by Crippen LogP contribution is 2.23. The second-order valence-electron chi connectivity index (χ2n) is 6.02. The maximum absolute atomic E-state index is 12.3. The molecule has 1 aromatic carbocycles. The molecule has 8 heteroatoms. The average molecular weight is 372 g/mol. The van der Waals surface area contributed by atoms with Gasteiger partial charge < -0.3 is 15.2 Å². The number of aromatic nitrogens is 3. The normalized spacial score (nSPS) is 12.0. The molecule has 7 nitrogen and oxygen atoms in total. The fourth-order valence-corrected chi connectivity index (χ4v) is 2.45. The number of nitrogens with one attached hydrogen (secondary N) is 2. The van der Waals surface area contributed by atoms with Crippen LogP contribution in [0.4, 0.5) is 10.5 Å². The van der Waals surface area contributed by atoms with Crippen molar-refractivity contribution in [2.24, 2.45) is 5.92 Å². The Balaban J connectivity index is 1.72. The largest absolute Gasteiger partial charge is 0.337 e. The van der Waals surface area contributed by atoms with E-state index in [1.165, 1.54) is 0 Å². The van der Waals surface area contributed by atoms with Crippen molar-refractivity contribution in [3.63, 3.8) is 0 Å². The molecule has 0 radical (unpaired) electrons. The van der Waals surface area contributed by atoms with Crippen molar-refractivity contribution in [3.8, 4) is 11.4 Å². The summed E-state index contributed by atoms with van der Waals surface area (Å²) >= 11 is 5.85. The molecule has 3 rings (SSSR count). The molecule has 2 amide bonds. The van der Waals surface area contributed by atoms with Crippen LogP contribution in [-0.2, 0) is 0 Å². The zero-order valence-electron chi connectivity index (χ0n) is 14.3. The first-order valence-electron chi connectivity index (χ1n) is 8.10. The Bertz CT molecular complexity index is 865. The van der Waals surface area contributed by atoms with Crippen LogP contribution in [0.25, 0.3) is 11.4 Å². The minimum absolute atomic E-state index is 0.0492. The standard InChI is InChI=1S/C18H18ClN5O2/c1-11(2)15(22-18(25)21-14-7-5-13(19)6-8-14)17-23-16(24-26-17)12-4-3-9-20-10-12/h3-11,15H,1-2H3,(H2,21,22,25). The third-order valence-corrected chi connectivity index (χ3v) is 3.93. The minimum Gasteiger partial charge on any atom is -0.337 e. The molecule has 1 unspecified atom stereocenters. The van der Waals surface area contributed by atoms with E-state index in [0.717, 1.165) is 5.56 Å². The Morgan fingerprint density at radius 1 is 1.19 bits per heavy atom. The van der Waals surface area contributed by atoms with Gasteiger partial charge in [0.15, 0.2) is 0 Å². The van der Waals surface area contributed by atoms with E-state index in [9.17, 15) is 4.79 Å². The van der Waals surface area contributed by atoms with Gasteiger partial charge in [-0.15, -0.1) is 0 Å². The molecule has 2 aromatic heterocycles. The van der Waals surface area contributed by atoms with Crippen molar-refractivity contribution in [1.82, 2.24) is 20.4 Å². The number of carbonyl (C=O) groups excluding carboxylic acids is 1. The van der Waals surface area contributed by atoms with Gasteiger partial charge in [-0.1, -0.05) is 30.6 Å². The Morgan fingerprint density at radius 2 is 1.96 bits per heavy atom. The number of pyridine rings is 1. The number of halogens is 1. The first kappa shape index (κ1) is 17.9. The zero-order valence-corrected chi connectivity index (χ0v) is 15.1. The van der Waals surface area contributed by atoms with Gasteiger partial charge >= 0.3 is 6.03 Å². The quantitative estimate of drug-likeness (QED) is 0.697. The van der Waals surface area contributed by atoms with Crippen molar-refractivity contribution >= 4 is 23.3 Å². The van der Waals surface area contributed by atoms with Gasteiger partial charge in [-0.2, -0.15) is 4.98 Å². The van der Waals surface area contributed by atoms with E-state index in [0.29, 0.717) is 22.4 Å². The monoisotopic (exact) mass is 371 g/mol. The highest BCUT2D eigenvalue weighted by molar-refractivity contribution is 6.30. The number of rotatable bonds is 5. The summed E-state index contributed by atoms with van der Waals surface area (Å²) in [7, 11) is 0. The van der Waals surface area contributed by atoms with Crippen LogP contribution < -0.4 is 10.6 Å². The molecule has 134 valence electrons. The van der Waals surface area contributed by atoms with E-state index in [-0.39, 0.29) is 11.9 Å².